The zero-order valence-corrected chi connectivity index (χ0v) is 13.6. The van der Waals surface area contributed by atoms with Crippen LogP contribution in [0, 0.1) is 0 Å². The summed E-state index contributed by atoms with van der Waals surface area (Å²) in [4.78, 5) is 0. The number of halogens is 2. The zero-order chi connectivity index (χ0) is 13.4. The number of hydrogen-bond acceptors (Lipinski definition) is 1. The maximum absolute atomic E-state index is 6.34. The van der Waals surface area contributed by atoms with E-state index in [1.807, 2.05) is 23.6 Å². The van der Waals surface area contributed by atoms with E-state index in [9.17, 15) is 0 Å². The SMILES string of the molecule is C=CC[Si](C=C)(CCl)O[Si](C=C)(CCl)CC=C. The second-order valence-corrected chi connectivity index (χ2v) is 12.7. The average molecular weight is 307 g/mol. The molecule has 17 heavy (non-hydrogen) atoms. The van der Waals surface area contributed by atoms with E-state index in [4.69, 9.17) is 27.3 Å². The van der Waals surface area contributed by atoms with E-state index >= 15 is 0 Å². The van der Waals surface area contributed by atoms with E-state index in [0.717, 1.165) is 12.1 Å². The highest BCUT2D eigenvalue weighted by Gasteiger charge is 2.40. The van der Waals surface area contributed by atoms with Gasteiger partial charge in [0, 0.05) is 11.0 Å². The third-order valence-corrected chi connectivity index (χ3v) is 12.9. The van der Waals surface area contributed by atoms with Crippen molar-refractivity contribution < 1.29 is 4.12 Å². The molecule has 0 spiro atoms. The van der Waals surface area contributed by atoms with Crippen LogP contribution >= 0.6 is 23.2 Å². The minimum Gasteiger partial charge on any atom is -0.447 e. The van der Waals surface area contributed by atoms with Crippen LogP contribution in [0.3, 0.4) is 0 Å². The van der Waals surface area contributed by atoms with Gasteiger partial charge in [-0.05, 0) is 12.1 Å². The molecule has 0 aromatic rings. The Kier molecular flexibility index (Phi) is 8.08. The third kappa shape index (κ3) is 4.60. The van der Waals surface area contributed by atoms with Crippen molar-refractivity contribution >= 4 is 39.8 Å². The molecule has 2 atom stereocenters. The molecule has 0 rings (SSSR count). The lowest BCUT2D eigenvalue weighted by Crippen LogP contribution is -2.52. The van der Waals surface area contributed by atoms with Crippen LogP contribution < -0.4 is 0 Å². The Labute approximate surface area is 117 Å². The summed E-state index contributed by atoms with van der Waals surface area (Å²) in [5, 5.41) is 0. The summed E-state index contributed by atoms with van der Waals surface area (Å²) in [6.45, 7) is 15.2. The Morgan fingerprint density at radius 1 is 0.824 bits per heavy atom. The van der Waals surface area contributed by atoms with E-state index in [2.05, 4.69) is 26.3 Å². The minimum atomic E-state index is -2.19. The number of alkyl halides is 2. The average Bonchev–Trinajstić information content (AvgIpc) is 2.37. The number of hydrogen-bond donors (Lipinski definition) is 0. The van der Waals surface area contributed by atoms with Crippen LogP contribution in [0.5, 0.6) is 0 Å². The lowest BCUT2D eigenvalue weighted by molar-refractivity contribution is 0.557. The molecule has 0 N–H and O–H groups in total. The quantitative estimate of drug-likeness (QED) is 0.333. The summed E-state index contributed by atoms with van der Waals surface area (Å²) in [6, 6.07) is 1.49. The van der Waals surface area contributed by atoms with Gasteiger partial charge in [-0.25, -0.2) is 0 Å². The van der Waals surface area contributed by atoms with Gasteiger partial charge in [-0.1, -0.05) is 23.6 Å². The predicted molar refractivity (Wildman–Crippen MR) is 84.4 cm³/mol. The summed E-state index contributed by atoms with van der Waals surface area (Å²) in [5.74, 6) is 0. The maximum Gasteiger partial charge on any atom is 0.223 e. The van der Waals surface area contributed by atoms with Gasteiger partial charge in [0.05, 0.1) is 0 Å². The Morgan fingerprint density at radius 2 is 1.18 bits per heavy atom. The molecule has 0 aliphatic rings. The second kappa shape index (κ2) is 8.11. The van der Waals surface area contributed by atoms with Crippen molar-refractivity contribution in [2.45, 2.75) is 12.1 Å². The Hall–Kier alpha value is -0.0662. The van der Waals surface area contributed by atoms with Crippen LogP contribution in [0.25, 0.3) is 0 Å². The molecule has 0 saturated carbocycles. The molecular weight excluding hydrogens is 287 g/mol. The topological polar surface area (TPSA) is 9.23 Å². The minimum absolute atomic E-state index is 0.457. The predicted octanol–water partition coefficient (Wildman–Crippen LogP) is 4.27. The van der Waals surface area contributed by atoms with Gasteiger partial charge < -0.3 is 4.12 Å². The Bertz CT molecular complexity index is 268. The molecule has 0 aromatic heterocycles. The maximum atomic E-state index is 6.34. The first-order chi connectivity index (χ1) is 8.07. The van der Waals surface area contributed by atoms with Crippen LogP contribution in [0.1, 0.15) is 0 Å². The van der Waals surface area contributed by atoms with Gasteiger partial charge >= 0.3 is 0 Å². The largest absolute Gasteiger partial charge is 0.447 e. The molecule has 0 fully saturated rings. The van der Waals surface area contributed by atoms with E-state index in [0.29, 0.717) is 11.0 Å². The molecule has 0 aliphatic carbocycles. The lowest BCUT2D eigenvalue weighted by atomic mass is 10.8. The van der Waals surface area contributed by atoms with Gasteiger partial charge in [0.15, 0.2) is 0 Å². The standard InChI is InChI=1S/C12H20Cl2OSi2/c1-5-9-16(7-3,11-13)15-17(8-4,12-14)10-6-2/h5-8H,1-4,9-12H2. The van der Waals surface area contributed by atoms with Crippen molar-refractivity contribution in [1.29, 1.82) is 0 Å². The van der Waals surface area contributed by atoms with Crippen molar-refractivity contribution in [3.63, 3.8) is 0 Å². The van der Waals surface area contributed by atoms with Crippen LogP contribution in [-0.2, 0) is 4.12 Å². The van der Waals surface area contributed by atoms with E-state index in [-0.39, 0.29) is 0 Å². The normalized spacial score (nSPS) is 17.5. The first-order valence-electron chi connectivity index (χ1n) is 5.38. The smallest absolute Gasteiger partial charge is 0.223 e. The second-order valence-electron chi connectivity index (χ2n) is 3.89. The van der Waals surface area contributed by atoms with Crippen LogP contribution in [0.2, 0.25) is 12.1 Å². The molecule has 0 aliphatic heterocycles. The fraction of sp³-hybridized carbons (Fsp3) is 0.333. The summed E-state index contributed by atoms with van der Waals surface area (Å²) >= 11 is 12.1. The van der Waals surface area contributed by atoms with Crippen molar-refractivity contribution in [1.82, 2.24) is 0 Å². The summed E-state index contributed by atoms with van der Waals surface area (Å²) in [6.07, 6.45) is 3.67. The third-order valence-electron chi connectivity index (χ3n) is 2.58. The van der Waals surface area contributed by atoms with Crippen molar-refractivity contribution in [2.75, 3.05) is 11.0 Å². The summed E-state index contributed by atoms with van der Waals surface area (Å²) < 4.78 is 6.34. The monoisotopic (exact) mass is 306 g/mol. The highest BCUT2D eigenvalue weighted by molar-refractivity contribution is 6.96. The lowest BCUT2D eigenvalue weighted by Gasteiger charge is -2.36. The van der Waals surface area contributed by atoms with Crippen molar-refractivity contribution in [3.05, 3.63) is 49.9 Å². The molecule has 2 unspecified atom stereocenters. The summed E-state index contributed by atoms with van der Waals surface area (Å²) in [5.41, 5.74) is 4.64. The molecule has 0 amide bonds. The molecule has 0 aromatic carbocycles. The van der Waals surface area contributed by atoms with Gasteiger partial charge in [-0.3, -0.25) is 0 Å². The van der Waals surface area contributed by atoms with Crippen LogP contribution in [0.4, 0.5) is 0 Å². The van der Waals surface area contributed by atoms with Crippen LogP contribution in [-0.4, -0.2) is 27.6 Å². The zero-order valence-electron chi connectivity index (χ0n) is 10.1. The van der Waals surface area contributed by atoms with E-state index < -0.39 is 16.6 Å². The Balaban J connectivity index is 5.14. The Morgan fingerprint density at radius 3 is 1.35 bits per heavy atom. The molecule has 0 radical (unpaired) electrons. The highest BCUT2D eigenvalue weighted by atomic mass is 35.5. The van der Waals surface area contributed by atoms with Crippen LogP contribution in [0.15, 0.2) is 49.9 Å². The molecule has 1 nitrogen and oxygen atoms in total. The fourth-order valence-corrected chi connectivity index (χ4v) is 10.5. The number of rotatable bonds is 10. The van der Waals surface area contributed by atoms with Gasteiger partial charge in [0.25, 0.3) is 0 Å². The van der Waals surface area contributed by atoms with E-state index in [1.165, 1.54) is 0 Å². The molecule has 96 valence electrons. The summed E-state index contributed by atoms with van der Waals surface area (Å²) in [7, 11) is -4.38. The molecule has 0 saturated heterocycles. The molecule has 5 heteroatoms. The molecule has 0 heterocycles. The fourth-order valence-electron chi connectivity index (χ4n) is 1.50. The van der Waals surface area contributed by atoms with Gasteiger partial charge in [-0.2, -0.15) is 0 Å². The first-order valence-corrected chi connectivity index (χ1v) is 11.3. The van der Waals surface area contributed by atoms with E-state index in [1.54, 1.807) is 0 Å². The van der Waals surface area contributed by atoms with Gasteiger partial charge in [-0.15, -0.1) is 49.5 Å². The highest BCUT2D eigenvalue weighted by Crippen LogP contribution is 2.26. The van der Waals surface area contributed by atoms with Gasteiger partial charge in [0.2, 0.25) is 16.6 Å². The van der Waals surface area contributed by atoms with Crippen molar-refractivity contribution in [3.8, 4) is 0 Å². The first kappa shape index (κ1) is 16.9. The van der Waals surface area contributed by atoms with Gasteiger partial charge in [0.1, 0.15) is 0 Å². The molecular formula is C12H20Cl2OSi2. The molecule has 0 bridgehead atoms. The van der Waals surface area contributed by atoms with Crippen molar-refractivity contribution in [2.24, 2.45) is 0 Å². The number of allylic oxidation sites excluding steroid dienone is 2.